The number of fused-ring (bicyclic) bond motifs is 1. The largest absolute Gasteiger partial charge is 0.340 e. The molecule has 0 aromatic rings. The second kappa shape index (κ2) is 6.41. The van der Waals surface area contributed by atoms with Crippen LogP contribution in [0.2, 0.25) is 0 Å². The maximum atomic E-state index is 12.8. The third-order valence-corrected chi connectivity index (χ3v) is 5.17. The van der Waals surface area contributed by atoms with Crippen molar-refractivity contribution in [2.45, 2.75) is 38.3 Å². The van der Waals surface area contributed by atoms with Gasteiger partial charge in [0.1, 0.15) is 0 Å². The summed E-state index contributed by atoms with van der Waals surface area (Å²) in [6, 6.07) is 0.668. The molecule has 114 valence electrons. The van der Waals surface area contributed by atoms with E-state index in [4.69, 9.17) is 0 Å². The number of hydrogen-bond acceptors (Lipinski definition) is 4. The molecule has 3 aliphatic heterocycles. The molecule has 0 bridgehead atoms. The zero-order valence-electron chi connectivity index (χ0n) is 12.7. The Hall–Kier alpha value is -0.650. The van der Waals surface area contributed by atoms with Crippen molar-refractivity contribution in [1.29, 1.82) is 0 Å². The summed E-state index contributed by atoms with van der Waals surface area (Å²) >= 11 is 0. The molecule has 0 aliphatic carbocycles. The Balaban J connectivity index is 1.60. The first kappa shape index (κ1) is 14.3. The third kappa shape index (κ3) is 3.00. The van der Waals surface area contributed by atoms with E-state index in [1.807, 2.05) is 0 Å². The molecule has 5 heteroatoms. The number of amides is 1. The van der Waals surface area contributed by atoms with Crippen LogP contribution in [-0.4, -0.2) is 85.0 Å². The van der Waals surface area contributed by atoms with Gasteiger partial charge in [-0.05, 0) is 32.7 Å². The molecule has 3 rings (SSSR count). The van der Waals surface area contributed by atoms with Crippen LogP contribution in [0.15, 0.2) is 0 Å². The fraction of sp³-hybridized carbons (Fsp3) is 0.933. The van der Waals surface area contributed by atoms with E-state index in [1.165, 1.54) is 25.9 Å². The van der Waals surface area contributed by atoms with Crippen molar-refractivity contribution >= 4 is 5.91 Å². The molecule has 0 saturated carbocycles. The van der Waals surface area contributed by atoms with Gasteiger partial charge >= 0.3 is 0 Å². The van der Waals surface area contributed by atoms with E-state index in [2.05, 4.69) is 26.9 Å². The Morgan fingerprint density at radius 1 is 1.10 bits per heavy atom. The second-order valence-corrected chi connectivity index (χ2v) is 6.43. The van der Waals surface area contributed by atoms with Crippen molar-refractivity contribution in [3.05, 3.63) is 0 Å². The monoisotopic (exact) mass is 280 g/mol. The van der Waals surface area contributed by atoms with E-state index in [0.717, 1.165) is 45.7 Å². The first-order chi connectivity index (χ1) is 9.75. The average Bonchev–Trinajstić information content (AvgIpc) is 2.83. The quantitative estimate of drug-likeness (QED) is 0.771. The molecule has 20 heavy (non-hydrogen) atoms. The molecule has 1 amide bonds. The second-order valence-electron chi connectivity index (χ2n) is 6.43. The normalized spacial score (nSPS) is 30.9. The van der Waals surface area contributed by atoms with E-state index in [9.17, 15) is 4.79 Å². The van der Waals surface area contributed by atoms with Gasteiger partial charge < -0.3 is 10.2 Å². The van der Waals surface area contributed by atoms with Crippen LogP contribution >= 0.6 is 0 Å². The van der Waals surface area contributed by atoms with Crippen molar-refractivity contribution in [2.24, 2.45) is 0 Å². The third-order valence-electron chi connectivity index (χ3n) is 5.17. The molecule has 0 radical (unpaired) electrons. The molecule has 3 fully saturated rings. The molecule has 2 unspecified atom stereocenters. The minimum absolute atomic E-state index is 0.0463. The van der Waals surface area contributed by atoms with Crippen molar-refractivity contribution in [2.75, 3.05) is 52.4 Å². The van der Waals surface area contributed by atoms with E-state index in [-0.39, 0.29) is 6.04 Å². The standard InChI is InChI=1S/C15H28N4O/c1-13(17-10-5-16-6-11-17)15(20)19-9-3-8-18-7-2-4-14(18)12-19/h13-14,16H,2-12H2,1H3. The van der Waals surface area contributed by atoms with Crippen LogP contribution in [0.4, 0.5) is 0 Å². The predicted octanol–water partition coefficient (Wildman–Crippen LogP) is -0.0232. The summed E-state index contributed by atoms with van der Waals surface area (Å²) in [4.78, 5) is 19.8. The van der Waals surface area contributed by atoms with Crippen LogP contribution in [-0.2, 0) is 4.79 Å². The molecule has 3 heterocycles. The Labute approximate surface area is 122 Å². The SMILES string of the molecule is CC(C(=O)N1CCCN2CCCC2C1)N1CCNCC1. The minimum atomic E-state index is 0.0463. The summed E-state index contributed by atoms with van der Waals surface area (Å²) in [5, 5.41) is 3.36. The van der Waals surface area contributed by atoms with Gasteiger partial charge in [-0.15, -0.1) is 0 Å². The number of carbonyl (C=O) groups excluding carboxylic acids is 1. The molecule has 1 N–H and O–H groups in total. The lowest BCUT2D eigenvalue weighted by molar-refractivity contribution is -0.136. The Morgan fingerprint density at radius 3 is 2.65 bits per heavy atom. The maximum absolute atomic E-state index is 12.8. The van der Waals surface area contributed by atoms with Gasteiger partial charge in [-0.2, -0.15) is 0 Å². The molecule has 2 atom stereocenters. The van der Waals surface area contributed by atoms with Crippen molar-refractivity contribution < 1.29 is 4.79 Å². The maximum Gasteiger partial charge on any atom is 0.239 e. The highest BCUT2D eigenvalue weighted by molar-refractivity contribution is 5.81. The topological polar surface area (TPSA) is 38.8 Å². The number of hydrogen-bond donors (Lipinski definition) is 1. The van der Waals surface area contributed by atoms with E-state index in [0.29, 0.717) is 11.9 Å². The number of piperazine rings is 1. The molecule has 3 saturated heterocycles. The fourth-order valence-corrected chi connectivity index (χ4v) is 3.90. The number of nitrogens with zero attached hydrogens (tertiary/aromatic N) is 3. The summed E-state index contributed by atoms with van der Waals surface area (Å²) in [6.07, 6.45) is 3.71. The van der Waals surface area contributed by atoms with Gasteiger partial charge in [-0.25, -0.2) is 0 Å². The summed E-state index contributed by atoms with van der Waals surface area (Å²) in [6.45, 7) is 10.4. The molecular formula is C15H28N4O. The van der Waals surface area contributed by atoms with Crippen molar-refractivity contribution in [3.63, 3.8) is 0 Å². The average molecular weight is 280 g/mol. The first-order valence-corrected chi connectivity index (χ1v) is 8.23. The van der Waals surface area contributed by atoms with Gasteiger partial charge in [0.2, 0.25) is 5.91 Å². The highest BCUT2D eigenvalue weighted by atomic mass is 16.2. The first-order valence-electron chi connectivity index (χ1n) is 8.23. The lowest BCUT2D eigenvalue weighted by Crippen LogP contribution is -2.54. The Kier molecular flexibility index (Phi) is 4.58. The van der Waals surface area contributed by atoms with Crippen LogP contribution in [0.3, 0.4) is 0 Å². The molecule has 5 nitrogen and oxygen atoms in total. The highest BCUT2D eigenvalue weighted by Gasteiger charge is 2.33. The molecule has 0 aromatic heterocycles. The van der Waals surface area contributed by atoms with E-state index >= 15 is 0 Å². The van der Waals surface area contributed by atoms with Crippen LogP contribution < -0.4 is 5.32 Å². The number of carbonyl (C=O) groups is 1. The lowest BCUT2D eigenvalue weighted by Gasteiger charge is -2.35. The molecule has 0 spiro atoms. The zero-order valence-corrected chi connectivity index (χ0v) is 12.7. The van der Waals surface area contributed by atoms with Gasteiger partial charge in [-0.1, -0.05) is 0 Å². The summed E-state index contributed by atoms with van der Waals surface area (Å²) < 4.78 is 0. The summed E-state index contributed by atoms with van der Waals surface area (Å²) in [7, 11) is 0. The van der Waals surface area contributed by atoms with Gasteiger partial charge in [-0.3, -0.25) is 14.6 Å². The van der Waals surface area contributed by atoms with Crippen LogP contribution in [0.25, 0.3) is 0 Å². The Bertz CT molecular complexity index is 343. The smallest absolute Gasteiger partial charge is 0.239 e. The fourth-order valence-electron chi connectivity index (χ4n) is 3.90. The summed E-state index contributed by atoms with van der Waals surface area (Å²) in [5.74, 6) is 0.348. The van der Waals surface area contributed by atoms with Gasteiger partial charge in [0.25, 0.3) is 0 Å². The summed E-state index contributed by atoms with van der Waals surface area (Å²) in [5.41, 5.74) is 0. The van der Waals surface area contributed by atoms with Gasteiger partial charge in [0.05, 0.1) is 6.04 Å². The predicted molar refractivity (Wildman–Crippen MR) is 79.7 cm³/mol. The lowest BCUT2D eigenvalue weighted by atomic mass is 10.1. The molecular weight excluding hydrogens is 252 g/mol. The zero-order chi connectivity index (χ0) is 13.9. The highest BCUT2D eigenvalue weighted by Crippen LogP contribution is 2.22. The van der Waals surface area contributed by atoms with E-state index < -0.39 is 0 Å². The van der Waals surface area contributed by atoms with E-state index in [1.54, 1.807) is 0 Å². The van der Waals surface area contributed by atoms with Gasteiger partial charge in [0.15, 0.2) is 0 Å². The Morgan fingerprint density at radius 2 is 1.85 bits per heavy atom. The molecule has 0 aromatic carbocycles. The minimum Gasteiger partial charge on any atom is -0.340 e. The number of rotatable bonds is 2. The van der Waals surface area contributed by atoms with Gasteiger partial charge in [0, 0.05) is 51.9 Å². The van der Waals surface area contributed by atoms with Crippen LogP contribution in [0.5, 0.6) is 0 Å². The van der Waals surface area contributed by atoms with Crippen molar-refractivity contribution in [3.8, 4) is 0 Å². The molecule has 3 aliphatic rings. The van der Waals surface area contributed by atoms with Crippen LogP contribution in [0.1, 0.15) is 26.2 Å². The number of nitrogens with one attached hydrogen (secondary N) is 1. The van der Waals surface area contributed by atoms with Crippen molar-refractivity contribution in [1.82, 2.24) is 20.0 Å². The van der Waals surface area contributed by atoms with Crippen LogP contribution in [0, 0.1) is 0 Å².